The minimum absolute atomic E-state index is 0.215. The molecule has 0 N–H and O–H groups in total. The normalized spacial score (nSPS) is 27.3. The predicted molar refractivity (Wildman–Crippen MR) is 69.6 cm³/mol. The molecular formula is C11H22O4S2. The number of hydrogen-bond donors (Lipinski definition) is 0. The fourth-order valence-corrected chi connectivity index (χ4v) is 5.01. The summed E-state index contributed by atoms with van der Waals surface area (Å²) in [5.41, 5.74) is 0. The van der Waals surface area contributed by atoms with Crippen molar-refractivity contribution in [2.24, 2.45) is 0 Å². The molecule has 1 heterocycles. The van der Waals surface area contributed by atoms with Gasteiger partial charge in [-0.15, -0.1) is 0 Å². The monoisotopic (exact) mass is 282 g/mol. The van der Waals surface area contributed by atoms with Gasteiger partial charge in [-0.05, 0) is 25.7 Å². The zero-order valence-electron chi connectivity index (χ0n) is 10.2. The van der Waals surface area contributed by atoms with Gasteiger partial charge < -0.3 is 0 Å². The topological polar surface area (TPSA) is 68.3 Å². The Labute approximate surface area is 105 Å². The molecule has 1 rings (SSSR count). The van der Waals surface area contributed by atoms with Crippen LogP contribution in [0.25, 0.3) is 0 Å². The second-order valence-electron chi connectivity index (χ2n) is 4.78. The van der Waals surface area contributed by atoms with Gasteiger partial charge in [-0.25, -0.2) is 16.8 Å². The molecule has 0 saturated carbocycles. The molecule has 1 aliphatic heterocycles. The van der Waals surface area contributed by atoms with Crippen molar-refractivity contribution in [3.05, 3.63) is 0 Å². The van der Waals surface area contributed by atoms with Crippen LogP contribution in [0.1, 0.15) is 44.9 Å². The molecular weight excluding hydrogens is 260 g/mol. The number of hydrogen-bond acceptors (Lipinski definition) is 4. The molecule has 0 aliphatic carbocycles. The summed E-state index contributed by atoms with van der Waals surface area (Å²) in [5.74, 6) is 0.958. The molecule has 0 aromatic rings. The predicted octanol–water partition coefficient (Wildman–Crippen LogP) is 1.56. The van der Waals surface area contributed by atoms with Crippen LogP contribution in [0.2, 0.25) is 0 Å². The summed E-state index contributed by atoms with van der Waals surface area (Å²) < 4.78 is 46.3. The highest BCUT2D eigenvalue weighted by atomic mass is 32.2. The lowest BCUT2D eigenvalue weighted by molar-refractivity contribution is 0.583. The van der Waals surface area contributed by atoms with Crippen LogP contribution < -0.4 is 0 Å². The summed E-state index contributed by atoms with van der Waals surface area (Å²) >= 11 is 0. The lowest BCUT2D eigenvalue weighted by atomic mass is 10.2. The van der Waals surface area contributed by atoms with Crippen LogP contribution in [0.15, 0.2) is 0 Å². The van der Waals surface area contributed by atoms with Crippen molar-refractivity contribution in [1.82, 2.24) is 0 Å². The lowest BCUT2D eigenvalue weighted by Gasteiger charge is -2.03. The highest BCUT2D eigenvalue weighted by Gasteiger charge is 2.14. The third kappa shape index (κ3) is 7.03. The quantitative estimate of drug-likeness (QED) is 0.676. The highest BCUT2D eigenvalue weighted by molar-refractivity contribution is 7.91. The number of sulfone groups is 2. The Bertz CT molecular complexity index is 369. The van der Waals surface area contributed by atoms with Gasteiger partial charge in [0.2, 0.25) is 0 Å². The summed E-state index contributed by atoms with van der Waals surface area (Å²) in [6.45, 7) is 0. The van der Waals surface area contributed by atoms with Gasteiger partial charge in [0.1, 0.15) is 19.7 Å². The maximum Gasteiger partial charge on any atom is 0.150 e. The first-order chi connectivity index (χ1) is 7.91. The molecule has 17 heavy (non-hydrogen) atoms. The average Bonchev–Trinajstić information content (AvgIpc) is 2.22. The molecule has 4 nitrogen and oxygen atoms in total. The van der Waals surface area contributed by atoms with Gasteiger partial charge in [-0.1, -0.05) is 19.3 Å². The van der Waals surface area contributed by atoms with E-state index in [4.69, 9.17) is 0 Å². The molecule has 0 atom stereocenters. The fourth-order valence-electron chi connectivity index (χ4n) is 2.02. The first-order valence-electron chi connectivity index (χ1n) is 6.32. The van der Waals surface area contributed by atoms with Crippen LogP contribution in [0.3, 0.4) is 0 Å². The fraction of sp³-hybridized carbons (Fsp3) is 1.00. The Morgan fingerprint density at radius 1 is 0.412 bits per heavy atom. The molecule has 102 valence electrons. The Morgan fingerprint density at radius 2 is 0.647 bits per heavy atom. The SMILES string of the molecule is O=S1(=O)CCCCCCS(=O)(=O)CCCCC1. The van der Waals surface area contributed by atoms with Crippen molar-refractivity contribution in [2.75, 3.05) is 23.0 Å². The van der Waals surface area contributed by atoms with E-state index in [-0.39, 0.29) is 23.0 Å². The van der Waals surface area contributed by atoms with Gasteiger partial charge >= 0.3 is 0 Å². The van der Waals surface area contributed by atoms with Crippen LogP contribution in [0.5, 0.6) is 0 Å². The largest absolute Gasteiger partial charge is 0.229 e. The average molecular weight is 282 g/mol. The van der Waals surface area contributed by atoms with E-state index in [9.17, 15) is 16.8 Å². The maximum atomic E-state index is 11.6. The maximum absolute atomic E-state index is 11.6. The van der Waals surface area contributed by atoms with Crippen molar-refractivity contribution in [1.29, 1.82) is 0 Å². The van der Waals surface area contributed by atoms with Crippen LogP contribution in [0.4, 0.5) is 0 Å². The van der Waals surface area contributed by atoms with Crippen molar-refractivity contribution in [3.8, 4) is 0 Å². The van der Waals surface area contributed by atoms with Gasteiger partial charge in [0, 0.05) is 0 Å². The molecule has 0 aromatic carbocycles. The molecule has 0 amide bonds. The van der Waals surface area contributed by atoms with Gasteiger partial charge in [0.05, 0.1) is 23.0 Å². The summed E-state index contributed by atoms with van der Waals surface area (Å²) in [4.78, 5) is 0. The lowest BCUT2D eigenvalue weighted by Crippen LogP contribution is -2.12. The molecule has 6 heteroatoms. The van der Waals surface area contributed by atoms with E-state index in [1.807, 2.05) is 0 Å². The summed E-state index contributed by atoms with van der Waals surface area (Å²) in [6.07, 6.45) is 4.85. The summed E-state index contributed by atoms with van der Waals surface area (Å²) in [5, 5.41) is 0. The van der Waals surface area contributed by atoms with E-state index >= 15 is 0 Å². The third-order valence-corrected chi connectivity index (χ3v) is 6.71. The minimum atomic E-state index is -2.90. The van der Waals surface area contributed by atoms with Gasteiger partial charge in [-0.3, -0.25) is 0 Å². The standard InChI is InChI=1S/C11H22O4S2/c12-16(13)8-4-1-2-5-9-17(14,15)11-7-3-6-10-16/h1-11H2. The van der Waals surface area contributed by atoms with Crippen LogP contribution >= 0.6 is 0 Å². The smallest absolute Gasteiger partial charge is 0.150 e. The van der Waals surface area contributed by atoms with E-state index in [2.05, 4.69) is 0 Å². The first-order valence-corrected chi connectivity index (χ1v) is 9.96. The Kier molecular flexibility index (Phi) is 5.92. The van der Waals surface area contributed by atoms with Gasteiger partial charge in [0.25, 0.3) is 0 Å². The molecule has 1 aliphatic rings. The molecule has 1 fully saturated rings. The summed E-state index contributed by atoms with van der Waals surface area (Å²) in [6, 6.07) is 0. The Morgan fingerprint density at radius 3 is 0.941 bits per heavy atom. The van der Waals surface area contributed by atoms with Gasteiger partial charge in [0.15, 0.2) is 0 Å². The van der Waals surface area contributed by atoms with Crippen molar-refractivity contribution in [3.63, 3.8) is 0 Å². The van der Waals surface area contributed by atoms with E-state index in [1.165, 1.54) is 0 Å². The Balaban J connectivity index is 2.51. The second-order valence-corrected chi connectivity index (χ2v) is 9.39. The molecule has 0 unspecified atom stereocenters. The number of rotatable bonds is 0. The van der Waals surface area contributed by atoms with Crippen LogP contribution in [-0.2, 0) is 19.7 Å². The van der Waals surface area contributed by atoms with E-state index in [0.717, 1.165) is 12.8 Å². The van der Waals surface area contributed by atoms with E-state index in [1.54, 1.807) is 0 Å². The van der Waals surface area contributed by atoms with Crippen LogP contribution in [0, 0.1) is 0 Å². The summed E-state index contributed by atoms with van der Waals surface area (Å²) in [7, 11) is -5.80. The molecule has 0 radical (unpaired) electrons. The zero-order valence-corrected chi connectivity index (χ0v) is 11.9. The van der Waals surface area contributed by atoms with Crippen LogP contribution in [-0.4, -0.2) is 39.8 Å². The van der Waals surface area contributed by atoms with Crippen molar-refractivity contribution in [2.45, 2.75) is 44.9 Å². The molecule has 1 saturated heterocycles. The van der Waals surface area contributed by atoms with E-state index in [0.29, 0.717) is 32.1 Å². The minimum Gasteiger partial charge on any atom is -0.229 e. The first kappa shape index (κ1) is 15.0. The zero-order chi connectivity index (χ0) is 12.8. The van der Waals surface area contributed by atoms with Crippen molar-refractivity contribution >= 4 is 19.7 Å². The Hall–Kier alpha value is -0.100. The van der Waals surface area contributed by atoms with E-state index < -0.39 is 19.7 Å². The second kappa shape index (κ2) is 6.73. The third-order valence-electron chi connectivity index (χ3n) is 3.07. The molecule has 0 bridgehead atoms. The molecule has 0 spiro atoms. The highest BCUT2D eigenvalue weighted by Crippen LogP contribution is 2.10. The van der Waals surface area contributed by atoms with Crippen molar-refractivity contribution < 1.29 is 16.8 Å². The molecule has 0 aromatic heterocycles. The van der Waals surface area contributed by atoms with Gasteiger partial charge in [-0.2, -0.15) is 0 Å².